The van der Waals surface area contributed by atoms with E-state index in [1.54, 1.807) is 19.2 Å². The SMILES string of the molecule is CC(C)c1ccc(C(=O)CN2C(=O)CN(C)C2=O)cc1. The summed E-state index contributed by atoms with van der Waals surface area (Å²) in [6.07, 6.45) is 0. The first-order chi connectivity index (χ1) is 9.40. The Morgan fingerprint density at radius 3 is 2.25 bits per heavy atom. The fourth-order valence-electron chi connectivity index (χ4n) is 2.11. The van der Waals surface area contributed by atoms with Crippen molar-refractivity contribution in [2.45, 2.75) is 19.8 Å². The molecule has 5 heteroatoms. The summed E-state index contributed by atoms with van der Waals surface area (Å²) >= 11 is 0. The molecule has 1 aliphatic heterocycles. The van der Waals surface area contributed by atoms with E-state index in [1.165, 1.54) is 4.90 Å². The van der Waals surface area contributed by atoms with Crippen molar-refractivity contribution in [3.05, 3.63) is 35.4 Å². The van der Waals surface area contributed by atoms with Gasteiger partial charge in [0.1, 0.15) is 6.54 Å². The standard InChI is InChI=1S/C15H18N2O3/c1-10(2)11-4-6-12(7-5-11)13(18)8-17-14(19)9-16(3)15(17)20/h4-7,10H,8-9H2,1-3H3. The summed E-state index contributed by atoms with van der Waals surface area (Å²) in [7, 11) is 1.54. The van der Waals surface area contributed by atoms with Gasteiger partial charge in [0, 0.05) is 12.6 Å². The lowest BCUT2D eigenvalue weighted by atomic mass is 10.0. The van der Waals surface area contributed by atoms with E-state index in [-0.39, 0.29) is 24.8 Å². The summed E-state index contributed by atoms with van der Waals surface area (Å²) in [5.74, 6) is -0.156. The Morgan fingerprint density at radius 1 is 1.20 bits per heavy atom. The maximum Gasteiger partial charge on any atom is 0.327 e. The molecule has 1 aliphatic rings. The number of Topliss-reactive ketones (excluding diaryl/α,β-unsaturated/α-hetero) is 1. The Labute approximate surface area is 118 Å². The number of likely N-dealkylation sites (N-methyl/N-ethyl adjacent to an activating group) is 1. The van der Waals surface area contributed by atoms with Crippen molar-refractivity contribution in [2.75, 3.05) is 20.1 Å². The van der Waals surface area contributed by atoms with Gasteiger partial charge in [-0.2, -0.15) is 0 Å². The van der Waals surface area contributed by atoms with Gasteiger partial charge in [0.15, 0.2) is 5.78 Å². The minimum atomic E-state index is -0.415. The topological polar surface area (TPSA) is 57.7 Å². The lowest BCUT2D eigenvalue weighted by Gasteiger charge is -2.13. The number of amides is 3. The zero-order valence-electron chi connectivity index (χ0n) is 11.9. The number of rotatable bonds is 4. The quantitative estimate of drug-likeness (QED) is 0.622. The smallest absolute Gasteiger partial charge is 0.318 e. The van der Waals surface area contributed by atoms with Crippen LogP contribution in [0.2, 0.25) is 0 Å². The highest BCUT2D eigenvalue weighted by Crippen LogP contribution is 2.16. The van der Waals surface area contributed by atoms with Gasteiger partial charge in [-0.05, 0) is 11.5 Å². The van der Waals surface area contributed by atoms with Crippen LogP contribution >= 0.6 is 0 Å². The van der Waals surface area contributed by atoms with Crippen molar-refractivity contribution in [3.8, 4) is 0 Å². The number of benzene rings is 1. The average molecular weight is 274 g/mol. The largest absolute Gasteiger partial charge is 0.327 e. The van der Waals surface area contributed by atoms with Crippen LogP contribution in [0.4, 0.5) is 4.79 Å². The molecule has 106 valence electrons. The maximum atomic E-state index is 12.1. The van der Waals surface area contributed by atoms with Crippen LogP contribution in [0.25, 0.3) is 0 Å². The van der Waals surface area contributed by atoms with Crippen LogP contribution in [0.3, 0.4) is 0 Å². The monoisotopic (exact) mass is 274 g/mol. The number of carbonyl (C=O) groups excluding carboxylic acids is 3. The molecule has 1 aromatic rings. The van der Waals surface area contributed by atoms with E-state index >= 15 is 0 Å². The summed E-state index contributed by atoms with van der Waals surface area (Å²) in [4.78, 5) is 37.7. The molecular weight excluding hydrogens is 256 g/mol. The minimum absolute atomic E-state index is 0.0401. The van der Waals surface area contributed by atoms with Crippen LogP contribution in [0.5, 0.6) is 0 Å². The molecule has 0 N–H and O–H groups in total. The van der Waals surface area contributed by atoms with Crippen LogP contribution < -0.4 is 0 Å². The molecule has 0 bridgehead atoms. The van der Waals surface area contributed by atoms with E-state index < -0.39 is 6.03 Å². The first kappa shape index (κ1) is 14.2. The maximum absolute atomic E-state index is 12.1. The van der Waals surface area contributed by atoms with E-state index in [0.717, 1.165) is 10.5 Å². The number of hydrogen-bond donors (Lipinski definition) is 0. The second kappa shape index (κ2) is 5.45. The molecule has 3 amide bonds. The van der Waals surface area contributed by atoms with Gasteiger partial charge in [-0.3, -0.25) is 14.5 Å². The van der Waals surface area contributed by atoms with E-state index in [2.05, 4.69) is 13.8 Å². The van der Waals surface area contributed by atoms with Gasteiger partial charge in [0.25, 0.3) is 5.91 Å². The highest BCUT2D eigenvalue weighted by Gasteiger charge is 2.34. The normalized spacial score (nSPS) is 15.4. The predicted octanol–water partition coefficient (Wildman–Crippen LogP) is 1.89. The van der Waals surface area contributed by atoms with Crippen molar-refractivity contribution in [1.82, 2.24) is 9.80 Å². The van der Waals surface area contributed by atoms with Crippen molar-refractivity contribution in [2.24, 2.45) is 0 Å². The van der Waals surface area contributed by atoms with Crippen LogP contribution in [-0.2, 0) is 4.79 Å². The van der Waals surface area contributed by atoms with Crippen molar-refractivity contribution >= 4 is 17.7 Å². The van der Waals surface area contributed by atoms with Crippen LogP contribution in [0.1, 0.15) is 35.7 Å². The summed E-state index contributed by atoms with van der Waals surface area (Å²) in [6.45, 7) is 4.00. The lowest BCUT2D eigenvalue weighted by molar-refractivity contribution is -0.125. The van der Waals surface area contributed by atoms with Gasteiger partial charge in [-0.25, -0.2) is 4.79 Å². The van der Waals surface area contributed by atoms with Gasteiger partial charge in [0.05, 0.1) is 6.54 Å². The summed E-state index contributed by atoms with van der Waals surface area (Å²) in [5.41, 5.74) is 1.67. The van der Waals surface area contributed by atoms with Gasteiger partial charge in [-0.1, -0.05) is 38.1 Å². The minimum Gasteiger partial charge on any atom is -0.318 e. The number of carbonyl (C=O) groups is 3. The van der Waals surface area contributed by atoms with Crippen LogP contribution in [0, 0.1) is 0 Å². The molecule has 0 unspecified atom stereocenters. The first-order valence-electron chi connectivity index (χ1n) is 6.58. The number of hydrogen-bond acceptors (Lipinski definition) is 3. The van der Waals surface area contributed by atoms with Gasteiger partial charge in [0.2, 0.25) is 0 Å². The van der Waals surface area contributed by atoms with E-state index in [4.69, 9.17) is 0 Å². The zero-order valence-corrected chi connectivity index (χ0v) is 11.9. The molecule has 0 aliphatic carbocycles. The third-order valence-electron chi connectivity index (χ3n) is 3.43. The molecule has 1 aromatic carbocycles. The highest BCUT2D eigenvalue weighted by molar-refractivity contribution is 6.07. The second-order valence-corrected chi connectivity index (χ2v) is 5.32. The molecule has 1 fully saturated rings. The van der Waals surface area contributed by atoms with E-state index in [1.807, 2.05) is 12.1 Å². The fraction of sp³-hybridized carbons (Fsp3) is 0.400. The molecule has 5 nitrogen and oxygen atoms in total. The lowest BCUT2D eigenvalue weighted by Crippen LogP contribution is -2.36. The summed E-state index contributed by atoms with van der Waals surface area (Å²) in [5, 5.41) is 0. The molecule has 20 heavy (non-hydrogen) atoms. The molecular formula is C15H18N2O3. The third-order valence-corrected chi connectivity index (χ3v) is 3.43. The van der Waals surface area contributed by atoms with E-state index in [0.29, 0.717) is 11.5 Å². The average Bonchev–Trinajstić information content (AvgIpc) is 2.65. The molecule has 1 saturated heterocycles. The fourth-order valence-corrected chi connectivity index (χ4v) is 2.11. The van der Waals surface area contributed by atoms with Crippen LogP contribution in [0.15, 0.2) is 24.3 Å². The number of urea groups is 1. The van der Waals surface area contributed by atoms with Gasteiger partial charge < -0.3 is 4.90 Å². The van der Waals surface area contributed by atoms with Crippen molar-refractivity contribution < 1.29 is 14.4 Å². The van der Waals surface area contributed by atoms with Crippen molar-refractivity contribution in [3.63, 3.8) is 0 Å². The van der Waals surface area contributed by atoms with Crippen LogP contribution in [-0.4, -0.2) is 47.7 Å². The highest BCUT2D eigenvalue weighted by atomic mass is 16.2. The summed E-state index contributed by atoms with van der Waals surface area (Å²) in [6, 6.07) is 6.87. The Hall–Kier alpha value is -2.17. The number of ketones is 1. The Morgan fingerprint density at radius 2 is 1.80 bits per heavy atom. The Kier molecular flexibility index (Phi) is 3.88. The summed E-state index contributed by atoms with van der Waals surface area (Å²) < 4.78 is 0. The predicted molar refractivity (Wildman–Crippen MR) is 74.6 cm³/mol. The van der Waals surface area contributed by atoms with E-state index in [9.17, 15) is 14.4 Å². The number of imide groups is 1. The van der Waals surface area contributed by atoms with Gasteiger partial charge >= 0.3 is 6.03 Å². The molecule has 0 radical (unpaired) electrons. The molecule has 0 spiro atoms. The molecule has 0 saturated carbocycles. The van der Waals surface area contributed by atoms with Crippen molar-refractivity contribution in [1.29, 1.82) is 0 Å². The number of nitrogens with zero attached hydrogens (tertiary/aromatic N) is 2. The molecule has 1 heterocycles. The Balaban J connectivity index is 2.09. The third kappa shape index (κ3) is 2.71. The molecule has 0 atom stereocenters. The first-order valence-corrected chi connectivity index (χ1v) is 6.58. The van der Waals surface area contributed by atoms with Gasteiger partial charge in [-0.15, -0.1) is 0 Å². The second-order valence-electron chi connectivity index (χ2n) is 5.32. The molecule has 2 rings (SSSR count). The zero-order chi connectivity index (χ0) is 14.9. The Bertz CT molecular complexity index is 549. The molecule has 0 aromatic heterocycles.